The highest BCUT2D eigenvalue weighted by Crippen LogP contribution is 2.36. The van der Waals surface area contributed by atoms with Crippen molar-refractivity contribution in [1.82, 2.24) is 5.32 Å². The second-order valence-electron chi connectivity index (χ2n) is 5.39. The molecule has 5 nitrogen and oxygen atoms in total. The second-order valence-corrected chi connectivity index (χ2v) is 6.53. The molecule has 2 aromatic carbocycles. The van der Waals surface area contributed by atoms with Gasteiger partial charge in [0.1, 0.15) is 0 Å². The van der Waals surface area contributed by atoms with Crippen molar-refractivity contribution in [2.75, 3.05) is 17.9 Å². The molecule has 0 aromatic heterocycles. The third kappa shape index (κ3) is 2.94. The van der Waals surface area contributed by atoms with E-state index < -0.39 is 0 Å². The lowest BCUT2D eigenvalue weighted by atomic mass is 10.0. The third-order valence-corrected chi connectivity index (χ3v) is 5.02. The average molecular weight is 328 g/mol. The molecule has 2 N–H and O–H groups in total. The minimum Gasteiger partial charge on any atom is -0.454 e. The van der Waals surface area contributed by atoms with Crippen molar-refractivity contribution in [3.8, 4) is 11.5 Å². The molecule has 0 fully saturated rings. The fraction of sp³-hybridized carbons (Fsp3) is 0.235. The number of carbonyl (C=O) groups excluding carboxylic acids is 1. The van der Waals surface area contributed by atoms with E-state index in [2.05, 4.69) is 22.8 Å². The first-order valence-corrected chi connectivity index (χ1v) is 8.47. The van der Waals surface area contributed by atoms with Crippen molar-refractivity contribution in [3.63, 3.8) is 0 Å². The molecular weight excluding hydrogens is 312 g/mol. The summed E-state index contributed by atoms with van der Waals surface area (Å²) >= 11 is 1.83. The summed E-state index contributed by atoms with van der Waals surface area (Å²) in [6, 6.07) is 13.4. The number of nitrogens with one attached hydrogen (secondary N) is 2. The van der Waals surface area contributed by atoms with E-state index in [1.54, 1.807) is 18.2 Å². The van der Waals surface area contributed by atoms with E-state index in [1.165, 1.54) is 10.5 Å². The van der Waals surface area contributed by atoms with Crippen molar-refractivity contribution in [1.29, 1.82) is 0 Å². The first-order chi connectivity index (χ1) is 11.3. The molecule has 118 valence electrons. The normalized spacial score (nSPS) is 18.2. The maximum Gasteiger partial charge on any atom is 0.319 e. The molecule has 0 saturated heterocycles. The number of anilines is 1. The van der Waals surface area contributed by atoms with Gasteiger partial charge in [-0.3, -0.25) is 0 Å². The molecule has 2 heterocycles. The van der Waals surface area contributed by atoms with E-state index in [4.69, 9.17) is 9.47 Å². The van der Waals surface area contributed by atoms with Crippen LogP contribution in [0.25, 0.3) is 0 Å². The maximum atomic E-state index is 12.3. The summed E-state index contributed by atoms with van der Waals surface area (Å²) in [4.78, 5) is 13.5. The Morgan fingerprint density at radius 3 is 2.96 bits per heavy atom. The van der Waals surface area contributed by atoms with Crippen molar-refractivity contribution < 1.29 is 14.3 Å². The molecule has 4 rings (SSSR count). The number of fused-ring (bicyclic) bond motifs is 2. The van der Waals surface area contributed by atoms with E-state index in [-0.39, 0.29) is 18.9 Å². The van der Waals surface area contributed by atoms with E-state index in [1.807, 2.05) is 23.9 Å². The summed E-state index contributed by atoms with van der Waals surface area (Å²) in [5.41, 5.74) is 1.87. The Balaban J connectivity index is 1.45. The van der Waals surface area contributed by atoms with Crippen LogP contribution in [0, 0.1) is 0 Å². The lowest BCUT2D eigenvalue weighted by molar-refractivity contribution is 0.174. The SMILES string of the molecule is O=C(Nc1ccc2c(c1)OCO2)NC1CCSc2ccccc21. The zero-order valence-corrected chi connectivity index (χ0v) is 13.2. The molecule has 2 aliphatic rings. The Morgan fingerprint density at radius 2 is 2.00 bits per heavy atom. The standard InChI is InChI=1S/C17H16N2O3S/c20-17(18-11-5-6-14-15(9-11)22-10-21-14)19-13-7-8-23-16-4-2-1-3-12(13)16/h1-6,9,13H,7-8,10H2,(H2,18,19,20). The fourth-order valence-electron chi connectivity index (χ4n) is 2.79. The van der Waals surface area contributed by atoms with Crippen LogP contribution in [0.2, 0.25) is 0 Å². The number of carbonyl (C=O) groups is 1. The Morgan fingerprint density at radius 1 is 1.13 bits per heavy atom. The number of hydrogen-bond acceptors (Lipinski definition) is 4. The van der Waals surface area contributed by atoms with Crippen LogP contribution in [0.1, 0.15) is 18.0 Å². The van der Waals surface area contributed by atoms with Crippen LogP contribution in [-0.2, 0) is 0 Å². The van der Waals surface area contributed by atoms with Gasteiger partial charge in [0.05, 0.1) is 6.04 Å². The predicted molar refractivity (Wildman–Crippen MR) is 89.2 cm³/mol. The number of rotatable bonds is 2. The monoisotopic (exact) mass is 328 g/mol. The zero-order chi connectivity index (χ0) is 15.6. The van der Waals surface area contributed by atoms with Gasteiger partial charge in [0, 0.05) is 22.4 Å². The molecule has 2 aromatic rings. The van der Waals surface area contributed by atoms with Gasteiger partial charge in [-0.15, -0.1) is 11.8 Å². The van der Waals surface area contributed by atoms with E-state index in [0.29, 0.717) is 17.2 Å². The van der Waals surface area contributed by atoms with Gasteiger partial charge in [-0.05, 0) is 30.2 Å². The molecule has 0 bridgehead atoms. The number of thioether (sulfide) groups is 1. The molecule has 23 heavy (non-hydrogen) atoms. The highest BCUT2D eigenvalue weighted by Gasteiger charge is 2.22. The van der Waals surface area contributed by atoms with Gasteiger partial charge in [0.25, 0.3) is 0 Å². The van der Waals surface area contributed by atoms with E-state index in [0.717, 1.165) is 12.2 Å². The maximum absolute atomic E-state index is 12.3. The van der Waals surface area contributed by atoms with Gasteiger partial charge in [-0.1, -0.05) is 18.2 Å². The largest absolute Gasteiger partial charge is 0.454 e. The summed E-state index contributed by atoms with van der Waals surface area (Å²) in [6.07, 6.45) is 0.927. The Hall–Kier alpha value is -2.34. The van der Waals surface area contributed by atoms with E-state index >= 15 is 0 Å². The Kier molecular flexibility index (Phi) is 3.75. The number of urea groups is 1. The van der Waals surface area contributed by atoms with Crippen molar-refractivity contribution >= 4 is 23.5 Å². The van der Waals surface area contributed by atoms with Crippen LogP contribution in [-0.4, -0.2) is 18.6 Å². The van der Waals surface area contributed by atoms with Crippen LogP contribution >= 0.6 is 11.8 Å². The van der Waals surface area contributed by atoms with Crippen molar-refractivity contribution in [2.45, 2.75) is 17.4 Å². The molecule has 2 aliphatic heterocycles. The summed E-state index contributed by atoms with van der Waals surface area (Å²) in [6.45, 7) is 0.224. The van der Waals surface area contributed by atoms with Gasteiger partial charge in [0.2, 0.25) is 6.79 Å². The van der Waals surface area contributed by atoms with Gasteiger partial charge < -0.3 is 20.1 Å². The summed E-state index contributed by atoms with van der Waals surface area (Å²) in [5.74, 6) is 2.36. The fourth-order valence-corrected chi connectivity index (χ4v) is 3.92. The molecule has 6 heteroatoms. The smallest absolute Gasteiger partial charge is 0.319 e. The van der Waals surface area contributed by atoms with Crippen molar-refractivity contribution in [3.05, 3.63) is 48.0 Å². The van der Waals surface area contributed by atoms with Crippen LogP contribution in [0.4, 0.5) is 10.5 Å². The molecule has 0 spiro atoms. The second kappa shape index (κ2) is 6.04. The molecule has 1 atom stereocenters. The quantitative estimate of drug-likeness (QED) is 0.881. The Bertz CT molecular complexity index is 750. The zero-order valence-electron chi connectivity index (χ0n) is 12.4. The minimum atomic E-state index is -0.212. The summed E-state index contributed by atoms with van der Waals surface area (Å²) in [5, 5.41) is 5.91. The first-order valence-electron chi connectivity index (χ1n) is 7.48. The van der Waals surface area contributed by atoms with Crippen LogP contribution in [0.5, 0.6) is 11.5 Å². The molecule has 0 saturated carbocycles. The molecule has 1 unspecified atom stereocenters. The molecule has 0 radical (unpaired) electrons. The molecule has 0 aliphatic carbocycles. The van der Waals surface area contributed by atoms with Crippen molar-refractivity contribution in [2.24, 2.45) is 0 Å². The topological polar surface area (TPSA) is 59.6 Å². The first kappa shape index (κ1) is 14.3. The summed E-state index contributed by atoms with van der Waals surface area (Å²) in [7, 11) is 0. The highest BCUT2D eigenvalue weighted by molar-refractivity contribution is 7.99. The summed E-state index contributed by atoms with van der Waals surface area (Å²) < 4.78 is 10.6. The van der Waals surface area contributed by atoms with E-state index in [9.17, 15) is 4.79 Å². The predicted octanol–water partition coefficient (Wildman–Crippen LogP) is 3.77. The number of benzene rings is 2. The van der Waals surface area contributed by atoms with Gasteiger partial charge in [-0.2, -0.15) is 0 Å². The van der Waals surface area contributed by atoms with Crippen LogP contribution in [0.3, 0.4) is 0 Å². The third-order valence-electron chi connectivity index (χ3n) is 3.89. The molecular formula is C17H16N2O3S. The van der Waals surface area contributed by atoms with Gasteiger partial charge in [0.15, 0.2) is 11.5 Å². The lowest BCUT2D eigenvalue weighted by Crippen LogP contribution is -2.34. The highest BCUT2D eigenvalue weighted by atomic mass is 32.2. The number of hydrogen-bond donors (Lipinski definition) is 2. The Labute approximate surface area is 138 Å². The number of ether oxygens (including phenoxy) is 2. The minimum absolute atomic E-state index is 0.0430. The number of amides is 2. The van der Waals surface area contributed by atoms with Crippen LogP contribution < -0.4 is 20.1 Å². The van der Waals surface area contributed by atoms with Gasteiger partial charge in [-0.25, -0.2) is 4.79 Å². The van der Waals surface area contributed by atoms with Gasteiger partial charge >= 0.3 is 6.03 Å². The van der Waals surface area contributed by atoms with Crippen LogP contribution in [0.15, 0.2) is 47.4 Å². The average Bonchev–Trinajstić information content (AvgIpc) is 3.03. The lowest BCUT2D eigenvalue weighted by Gasteiger charge is -2.25. The molecule has 2 amide bonds.